The molecule has 0 aromatic carbocycles. The smallest absolute Gasteiger partial charge is 0.0644 e. The fourth-order valence-corrected chi connectivity index (χ4v) is 1.46. The molecule has 3 nitrogen and oxygen atoms in total. The van der Waals surface area contributed by atoms with Crippen molar-refractivity contribution in [2.75, 3.05) is 6.54 Å². The summed E-state index contributed by atoms with van der Waals surface area (Å²) in [5, 5.41) is 7.62. The molecule has 0 aliphatic rings. The number of nitrogens with one attached hydrogen (secondary N) is 1. The lowest BCUT2D eigenvalue weighted by atomic mass is 10.1. The summed E-state index contributed by atoms with van der Waals surface area (Å²) in [4.78, 5) is 0. The Hall–Kier alpha value is -1.09. The van der Waals surface area contributed by atoms with Crippen LogP contribution in [0.4, 0.5) is 0 Å². The van der Waals surface area contributed by atoms with Crippen LogP contribution in [0.15, 0.2) is 18.9 Å². The molecule has 1 unspecified atom stereocenters. The van der Waals surface area contributed by atoms with E-state index in [1.165, 1.54) is 5.56 Å². The van der Waals surface area contributed by atoms with Gasteiger partial charge in [-0.15, -0.1) is 6.58 Å². The first kappa shape index (κ1) is 9.99. The van der Waals surface area contributed by atoms with E-state index in [-0.39, 0.29) is 6.04 Å². The lowest BCUT2D eigenvalue weighted by molar-refractivity contribution is 0.645. The van der Waals surface area contributed by atoms with Crippen LogP contribution in [-0.4, -0.2) is 16.3 Å². The van der Waals surface area contributed by atoms with Crippen molar-refractivity contribution in [3.63, 3.8) is 0 Å². The minimum Gasteiger partial charge on any atom is -0.307 e. The first-order valence-electron chi connectivity index (χ1n) is 4.55. The minimum absolute atomic E-state index is 0.221. The molecular weight excluding hydrogens is 162 g/mol. The van der Waals surface area contributed by atoms with Crippen LogP contribution >= 0.6 is 0 Å². The van der Waals surface area contributed by atoms with Crippen LogP contribution < -0.4 is 5.32 Å². The fourth-order valence-electron chi connectivity index (χ4n) is 1.46. The number of aryl methyl sites for hydroxylation is 2. The average molecular weight is 179 g/mol. The van der Waals surface area contributed by atoms with Crippen LogP contribution in [0, 0.1) is 6.92 Å². The van der Waals surface area contributed by atoms with Crippen molar-refractivity contribution in [2.24, 2.45) is 7.05 Å². The lowest BCUT2D eigenvalue weighted by Gasteiger charge is -2.11. The molecule has 1 rings (SSSR count). The van der Waals surface area contributed by atoms with Crippen molar-refractivity contribution < 1.29 is 0 Å². The molecule has 0 aliphatic carbocycles. The van der Waals surface area contributed by atoms with Gasteiger partial charge in [0, 0.05) is 18.8 Å². The quantitative estimate of drug-likeness (QED) is 0.711. The van der Waals surface area contributed by atoms with Gasteiger partial charge in [-0.1, -0.05) is 13.0 Å². The van der Waals surface area contributed by atoms with Crippen LogP contribution in [0.25, 0.3) is 0 Å². The molecule has 1 N–H and O–H groups in total. The normalized spacial score (nSPS) is 12.8. The molecule has 0 amide bonds. The number of aromatic nitrogens is 2. The summed E-state index contributed by atoms with van der Waals surface area (Å²) in [5.41, 5.74) is 2.27. The second-order valence-electron chi connectivity index (χ2n) is 3.11. The van der Waals surface area contributed by atoms with Crippen molar-refractivity contribution in [2.45, 2.75) is 19.9 Å². The molecular formula is C10H17N3. The van der Waals surface area contributed by atoms with E-state index in [1.807, 2.05) is 30.9 Å². The zero-order valence-electron chi connectivity index (χ0n) is 8.54. The van der Waals surface area contributed by atoms with Gasteiger partial charge in [-0.05, 0) is 13.5 Å². The Balaban J connectivity index is 2.89. The maximum atomic E-state index is 4.29. The third-order valence-electron chi connectivity index (χ3n) is 2.05. The Morgan fingerprint density at radius 2 is 2.46 bits per heavy atom. The topological polar surface area (TPSA) is 29.9 Å². The zero-order valence-corrected chi connectivity index (χ0v) is 8.54. The Bertz CT molecular complexity index is 288. The van der Waals surface area contributed by atoms with Crippen molar-refractivity contribution in [1.82, 2.24) is 15.1 Å². The van der Waals surface area contributed by atoms with Crippen molar-refractivity contribution in [3.05, 3.63) is 30.1 Å². The summed E-state index contributed by atoms with van der Waals surface area (Å²) in [6, 6.07) is 0.221. The highest BCUT2D eigenvalue weighted by molar-refractivity contribution is 5.23. The van der Waals surface area contributed by atoms with Crippen molar-refractivity contribution in [1.29, 1.82) is 0 Å². The summed E-state index contributed by atoms with van der Waals surface area (Å²) in [6.45, 7) is 8.84. The first-order chi connectivity index (χ1) is 6.19. The van der Waals surface area contributed by atoms with Gasteiger partial charge in [0.2, 0.25) is 0 Å². The van der Waals surface area contributed by atoms with Crippen LogP contribution in [0.3, 0.4) is 0 Å². The lowest BCUT2D eigenvalue weighted by Crippen LogP contribution is -2.18. The van der Waals surface area contributed by atoms with Gasteiger partial charge >= 0.3 is 0 Å². The van der Waals surface area contributed by atoms with E-state index in [4.69, 9.17) is 0 Å². The van der Waals surface area contributed by atoms with Gasteiger partial charge in [0.1, 0.15) is 0 Å². The second-order valence-corrected chi connectivity index (χ2v) is 3.11. The molecule has 0 aliphatic heterocycles. The largest absolute Gasteiger partial charge is 0.307 e. The van der Waals surface area contributed by atoms with E-state index in [2.05, 4.69) is 23.9 Å². The summed E-state index contributed by atoms with van der Waals surface area (Å²) in [5.74, 6) is 0. The summed E-state index contributed by atoms with van der Waals surface area (Å²) in [7, 11) is 1.93. The highest BCUT2D eigenvalue weighted by atomic mass is 15.3. The number of hydrogen-bond acceptors (Lipinski definition) is 2. The number of rotatable bonds is 4. The first-order valence-corrected chi connectivity index (χ1v) is 4.55. The predicted molar refractivity (Wildman–Crippen MR) is 54.6 cm³/mol. The van der Waals surface area contributed by atoms with Crippen LogP contribution in [0.1, 0.15) is 24.2 Å². The molecule has 0 saturated heterocycles. The third-order valence-corrected chi connectivity index (χ3v) is 2.05. The molecule has 0 spiro atoms. The van der Waals surface area contributed by atoms with Gasteiger partial charge in [-0.3, -0.25) is 4.68 Å². The molecule has 1 aromatic rings. The molecule has 13 heavy (non-hydrogen) atoms. The SMILES string of the molecule is C=CC(NCC)c1cn(C)nc1C. The predicted octanol–water partition coefficient (Wildman–Crippen LogP) is 1.57. The van der Waals surface area contributed by atoms with Gasteiger partial charge in [-0.2, -0.15) is 5.10 Å². The highest BCUT2D eigenvalue weighted by Gasteiger charge is 2.11. The van der Waals surface area contributed by atoms with Gasteiger partial charge < -0.3 is 5.32 Å². The minimum atomic E-state index is 0.221. The molecule has 3 heteroatoms. The molecule has 1 aromatic heterocycles. The summed E-state index contributed by atoms with van der Waals surface area (Å²) in [6.07, 6.45) is 3.94. The Labute approximate surface area is 79.5 Å². The average Bonchev–Trinajstić information content (AvgIpc) is 2.41. The van der Waals surface area contributed by atoms with Crippen molar-refractivity contribution >= 4 is 0 Å². The Morgan fingerprint density at radius 3 is 2.85 bits per heavy atom. The van der Waals surface area contributed by atoms with Gasteiger partial charge in [0.15, 0.2) is 0 Å². The summed E-state index contributed by atoms with van der Waals surface area (Å²) < 4.78 is 1.83. The summed E-state index contributed by atoms with van der Waals surface area (Å²) >= 11 is 0. The molecule has 0 saturated carbocycles. The fraction of sp³-hybridized carbons (Fsp3) is 0.500. The van der Waals surface area contributed by atoms with Gasteiger partial charge in [0.05, 0.1) is 11.7 Å². The Morgan fingerprint density at radius 1 is 1.77 bits per heavy atom. The van der Waals surface area contributed by atoms with Crippen LogP contribution in [-0.2, 0) is 7.05 Å². The molecule has 0 fully saturated rings. The van der Waals surface area contributed by atoms with Gasteiger partial charge in [0.25, 0.3) is 0 Å². The number of likely N-dealkylation sites (N-methyl/N-ethyl adjacent to an activating group) is 1. The molecule has 72 valence electrons. The van der Waals surface area contributed by atoms with E-state index in [9.17, 15) is 0 Å². The van der Waals surface area contributed by atoms with Crippen LogP contribution in [0.2, 0.25) is 0 Å². The van der Waals surface area contributed by atoms with Crippen LogP contribution in [0.5, 0.6) is 0 Å². The second kappa shape index (κ2) is 4.23. The standard InChI is InChI=1S/C10H17N3/c1-5-10(11-6-2)9-7-13(4)12-8(9)3/h5,7,10-11H,1,6H2,2-4H3. The van der Waals surface area contributed by atoms with E-state index in [0.29, 0.717) is 0 Å². The Kier molecular flexibility index (Phi) is 3.25. The van der Waals surface area contributed by atoms with E-state index in [0.717, 1.165) is 12.2 Å². The molecule has 0 bridgehead atoms. The van der Waals surface area contributed by atoms with E-state index >= 15 is 0 Å². The van der Waals surface area contributed by atoms with Crippen molar-refractivity contribution in [3.8, 4) is 0 Å². The number of nitrogens with zero attached hydrogens (tertiary/aromatic N) is 2. The maximum Gasteiger partial charge on any atom is 0.0644 e. The highest BCUT2D eigenvalue weighted by Crippen LogP contribution is 2.16. The van der Waals surface area contributed by atoms with E-state index < -0.39 is 0 Å². The maximum absolute atomic E-state index is 4.29. The van der Waals surface area contributed by atoms with E-state index in [1.54, 1.807) is 0 Å². The number of hydrogen-bond donors (Lipinski definition) is 1. The zero-order chi connectivity index (χ0) is 9.84. The third kappa shape index (κ3) is 2.18. The van der Waals surface area contributed by atoms with Gasteiger partial charge in [-0.25, -0.2) is 0 Å². The molecule has 1 heterocycles. The molecule has 1 atom stereocenters. The molecule has 0 radical (unpaired) electrons. The monoisotopic (exact) mass is 179 g/mol.